The molecule has 0 aromatic heterocycles. The summed E-state index contributed by atoms with van der Waals surface area (Å²) in [7, 11) is 1.69. The summed E-state index contributed by atoms with van der Waals surface area (Å²) in [4.78, 5) is 14.4. The highest BCUT2D eigenvalue weighted by atomic mass is 19.3. The molecule has 0 radical (unpaired) electrons. The van der Waals surface area contributed by atoms with Crippen molar-refractivity contribution in [2.45, 2.75) is 25.2 Å². The molecule has 2 N–H and O–H groups in total. The molecule has 0 aliphatic carbocycles. The quantitative estimate of drug-likeness (QED) is 0.858. The fourth-order valence-corrected chi connectivity index (χ4v) is 2.96. The SMILES string of the molecule is CN(C(=O)c1ccc2c(c1)OC(F)(F)O2)[C@H](CCN)Cc1ccccc1. The summed E-state index contributed by atoms with van der Waals surface area (Å²) in [6.07, 6.45) is -2.42. The number of hydrogen-bond acceptors (Lipinski definition) is 4. The average molecular weight is 362 g/mol. The number of amides is 1. The summed E-state index contributed by atoms with van der Waals surface area (Å²) in [6.45, 7) is 0.433. The van der Waals surface area contributed by atoms with Gasteiger partial charge in [0, 0.05) is 18.7 Å². The topological polar surface area (TPSA) is 64.8 Å². The van der Waals surface area contributed by atoms with Gasteiger partial charge in [0.1, 0.15) is 0 Å². The Hall–Kier alpha value is -2.67. The first kappa shape index (κ1) is 18.1. The molecule has 7 heteroatoms. The van der Waals surface area contributed by atoms with E-state index in [0.717, 1.165) is 5.56 Å². The Morgan fingerprint density at radius 2 is 1.85 bits per heavy atom. The highest BCUT2D eigenvalue weighted by molar-refractivity contribution is 5.95. The van der Waals surface area contributed by atoms with Crippen molar-refractivity contribution in [1.82, 2.24) is 4.90 Å². The van der Waals surface area contributed by atoms with E-state index in [4.69, 9.17) is 5.73 Å². The number of carbonyl (C=O) groups is 1. The molecule has 1 aliphatic rings. The summed E-state index contributed by atoms with van der Waals surface area (Å²) in [5, 5.41) is 0. The number of nitrogens with zero attached hydrogens (tertiary/aromatic N) is 1. The molecule has 3 rings (SSSR count). The van der Waals surface area contributed by atoms with E-state index in [1.165, 1.54) is 18.2 Å². The molecular formula is C19H20F2N2O3. The first-order chi connectivity index (χ1) is 12.4. The molecule has 26 heavy (non-hydrogen) atoms. The second-order valence-corrected chi connectivity index (χ2v) is 6.17. The van der Waals surface area contributed by atoms with Gasteiger partial charge in [-0.2, -0.15) is 0 Å². The third-order valence-electron chi connectivity index (χ3n) is 4.33. The fourth-order valence-electron chi connectivity index (χ4n) is 2.96. The zero-order valence-electron chi connectivity index (χ0n) is 14.3. The first-order valence-corrected chi connectivity index (χ1v) is 8.30. The molecular weight excluding hydrogens is 342 g/mol. The summed E-state index contributed by atoms with van der Waals surface area (Å²) < 4.78 is 35.1. The lowest BCUT2D eigenvalue weighted by Crippen LogP contribution is -2.39. The van der Waals surface area contributed by atoms with E-state index in [1.54, 1.807) is 11.9 Å². The summed E-state index contributed by atoms with van der Waals surface area (Å²) in [6, 6.07) is 13.7. The maximum Gasteiger partial charge on any atom is 0.586 e. The molecule has 5 nitrogen and oxygen atoms in total. The van der Waals surface area contributed by atoms with Crippen LogP contribution in [0.1, 0.15) is 22.3 Å². The highest BCUT2D eigenvalue weighted by Crippen LogP contribution is 2.41. The van der Waals surface area contributed by atoms with Gasteiger partial charge in [-0.3, -0.25) is 4.79 Å². The van der Waals surface area contributed by atoms with Gasteiger partial charge in [0.2, 0.25) is 0 Å². The Morgan fingerprint density at radius 1 is 1.15 bits per heavy atom. The molecule has 1 atom stereocenters. The Morgan fingerprint density at radius 3 is 2.54 bits per heavy atom. The number of rotatable bonds is 6. The molecule has 0 fully saturated rings. The molecule has 1 aliphatic heterocycles. The van der Waals surface area contributed by atoms with Gasteiger partial charge in [-0.05, 0) is 43.1 Å². The lowest BCUT2D eigenvalue weighted by molar-refractivity contribution is -0.286. The van der Waals surface area contributed by atoms with Crippen molar-refractivity contribution in [1.29, 1.82) is 0 Å². The number of fused-ring (bicyclic) bond motifs is 1. The first-order valence-electron chi connectivity index (χ1n) is 8.30. The lowest BCUT2D eigenvalue weighted by Gasteiger charge is -2.28. The summed E-state index contributed by atoms with van der Waals surface area (Å²) in [5.74, 6) is -0.523. The second kappa shape index (κ2) is 7.29. The van der Waals surface area contributed by atoms with E-state index >= 15 is 0 Å². The summed E-state index contributed by atoms with van der Waals surface area (Å²) >= 11 is 0. The Balaban J connectivity index is 1.77. The Bertz CT molecular complexity index is 784. The van der Waals surface area contributed by atoms with Crippen molar-refractivity contribution in [3.8, 4) is 11.5 Å². The monoisotopic (exact) mass is 362 g/mol. The maximum absolute atomic E-state index is 13.1. The van der Waals surface area contributed by atoms with Crippen molar-refractivity contribution in [2.24, 2.45) is 5.73 Å². The van der Waals surface area contributed by atoms with Crippen LogP contribution in [-0.4, -0.2) is 36.7 Å². The standard InChI is InChI=1S/C19H20F2N2O3/c1-23(15(9-10-22)11-13-5-3-2-4-6-13)18(24)14-7-8-16-17(12-14)26-19(20,21)25-16/h2-8,12,15H,9-11,22H2,1H3/t15-/m1/s1. The highest BCUT2D eigenvalue weighted by Gasteiger charge is 2.43. The molecule has 0 bridgehead atoms. The number of benzene rings is 2. The third-order valence-corrected chi connectivity index (χ3v) is 4.33. The van der Waals surface area contributed by atoms with Gasteiger partial charge in [0.25, 0.3) is 5.91 Å². The van der Waals surface area contributed by atoms with E-state index in [2.05, 4.69) is 9.47 Å². The van der Waals surface area contributed by atoms with Gasteiger partial charge in [-0.15, -0.1) is 8.78 Å². The zero-order chi connectivity index (χ0) is 18.7. The van der Waals surface area contributed by atoms with Gasteiger partial charge in [0.05, 0.1) is 0 Å². The molecule has 2 aromatic carbocycles. The van der Waals surface area contributed by atoms with E-state index in [0.29, 0.717) is 19.4 Å². The molecule has 0 saturated carbocycles. The van der Waals surface area contributed by atoms with Crippen LogP contribution in [0.3, 0.4) is 0 Å². The number of likely N-dealkylation sites (N-methyl/N-ethyl adjacent to an activating group) is 1. The molecule has 0 unspecified atom stereocenters. The minimum absolute atomic E-state index is 0.0861. The van der Waals surface area contributed by atoms with Gasteiger partial charge in [0.15, 0.2) is 11.5 Å². The molecule has 0 saturated heterocycles. The van der Waals surface area contributed by atoms with E-state index in [1.807, 2.05) is 30.3 Å². The number of hydrogen-bond donors (Lipinski definition) is 1. The Labute approximate surface area is 150 Å². The van der Waals surface area contributed by atoms with Gasteiger partial charge in [-0.1, -0.05) is 30.3 Å². The second-order valence-electron chi connectivity index (χ2n) is 6.17. The predicted octanol–water partition coefficient (Wildman–Crippen LogP) is 3.04. The number of alkyl halides is 2. The van der Waals surface area contributed by atoms with E-state index < -0.39 is 6.29 Å². The number of ether oxygens (including phenoxy) is 2. The molecule has 2 aromatic rings. The van der Waals surface area contributed by atoms with Crippen LogP contribution in [0.25, 0.3) is 0 Å². The summed E-state index contributed by atoms with van der Waals surface area (Å²) in [5.41, 5.74) is 7.05. The van der Waals surface area contributed by atoms with Crippen LogP contribution in [0.5, 0.6) is 11.5 Å². The van der Waals surface area contributed by atoms with Crippen LogP contribution in [0.4, 0.5) is 8.78 Å². The minimum Gasteiger partial charge on any atom is -0.395 e. The van der Waals surface area contributed by atoms with Crippen molar-refractivity contribution in [3.63, 3.8) is 0 Å². The van der Waals surface area contributed by atoms with Gasteiger partial charge < -0.3 is 20.1 Å². The van der Waals surface area contributed by atoms with Crippen LogP contribution in [0.15, 0.2) is 48.5 Å². The predicted molar refractivity (Wildman–Crippen MR) is 92.3 cm³/mol. The number of nitrogens with two attached hydrogens (primary N) is 1. The van der Waals surface area contributed by atoms with E-state index in [9.17, 15) is 13.6 Å². The van der Waals surface area contributed by atoms with Crippen LogP contribution in [0.2, 0.25) is 0 Å². The van der Waals surface area contributed by atoms with Gasteiger partial charge >= 0.3 is 6.29 Å². The molecule has 0 spiro atoms. The minimum atomic E-state index is -3.70. The maximum atomic E-state index is 13.1. The number of halogens is 2. The molecule has 138 valence electrons. The van der Waals surface area contributed by atoms with Gasteiger partial charge in [-0.25, -0.2) is 0 Å². The van der Waals surface area contributed by atoms with Crippen molar-refractivity contribution >= 4 is 5.91 Å². The molecule has 1 amide bonds. The largest absolute Gasteiger partial charge is 0.586 e. The normalized spacial score (nSPS) is 15.5. The third kappa shape index (κ3) is 3.94. The van der Waals surface area contributed by atoms with Crippen LogP contribution >= 0.6 is 0 Å². The van der Waals surface area contributed by atoms with Crippen molar-refractivity contribution < 1.29 is 23.0 Å². The van der Waals surface area contributed by atoms with E-state index in [-0.39, 0.29) is 29.0 Å². The van der Waals surface area contributed by atoms with Crippen molar-refractivity contribution in [2.75, 3.05) is 13.6 Å². The Kier molecular flexibility index (Phi) is 5.08. The smallest absolute Gasteiger partial charge is 0.395 e. The number of carbonyl (C=O) groups excluding carboxylic acids is 1. The zero-order valence-corrected chi connectivity index (χ0v) is 14.3. The fraction of sp³-hybridized carbons (Fsp3) is 0.316. The lowest BCUT2D eigenvalue weighted by atomic mass is 10.0. The molecule has 1 heterocycles. The van der Waals surface area contributed by atoms with Crippen molar-refractivity contribution in [3.05, 3.63) is 59.7 Å². The average Bonchev–Trinajstić information content (AvgIpc) is 2.93. The van der Waals surface area contributed by atoms with Crippen LogP contribution < -0.4 is 15.2 Å². The van der Waals surface area contributed by atoms with Crippen LogP contribution in [0, 0.1) is 0 Å². The van der Waals surface area contributed by atoms with Crippen LogP contribution in [-0.2, 0) is 6.42 Å².